The van der Waals surface area contributed by atoms with E-state index < -0.39 is 0 Å². The van der Waals surface area contributed by atoms with Crippen LogP contribution in [-0.2, 0) is 6.54 Å². The zero-order valence-corrected chi connectivity index (χ0v) is 6.81. The van der Waals surface area contributed by atoms with Crippen molar-refractivity contribution in [2.45, 2.75) is 6.54 Å². The van der Waals surface area contributed by atoms with Crippen molar-refractivity contribution in [2.24, 2.45) is 5.92 Å². The lowest BCUT2D eigenvalue weighted by atomic mass is 10.0. The van der Waals surface area contributed by atoms with Crippen molar-refractivity contribution < 1.29 is 9.63 Å². The van der Waals surface area contributed by atoms with Gasteiger partial charge < -0.3 is 9.63 Å². The van der Waals surface area contributed by atoms with E-state index in [0.29, 0.717) is 12.5 Å². The summed E-state index contributed by atoms with van der Waals surface area (Å²) in [5.74, 6) is 0.477. The fourth-order valence-corrected chi connectivity index (χ4v) is 1.48. The second kappa shape index (κ2) is 3.25. The minimum Gasteiger partial charge on any atom is -0.396 e. The summed E-state index contributed by atoms with van der Waals surface area (Å²) < 4.78 is 4.71. The molecule has 0 atom stereocenters. The van der Waals surface area contributed by atoms with Gasteiger partial charge in [-0.3, -0.25) is 4.90 Å². The van der Waals surface area contributed by atoms with E-state index in [4.69, 9.17) is 9.63 Å². The van der Waals surface area contributed by atoms with Crippen molar-refractivity contribution in [3.05, 3.63) is 18.0 Å². The number of hydrogen-bond donors (Lipinski definition) is 1. The van der Waals surface area contributed by atoms with Crippen LogP contribution in [0.5, 0.6) is 0 Å². The Kier molecular flexibility index (Phi) is 2.10. The number of aliphatic hydroxyl groups excluding tert-OH is 1. The molecule has 1 fully saturated rings. The van der Waals surface area contributed by atoms with Crippen LogP contribution in [-0.4, -0.2) is 34.9 Å². The third-order valence-corrected chi connectivity index (χ3v) is 2.18. The average molecular weight is 168 g/mol. The second-order valence-electron chi connectivity index (χ2n) is 3.28. The third kappa shape index (κ3) is 1.49. The van der Waals surface area contributed by atoms with Gasteiger partial charge in [-0.15, -0.1) is 0 Å². The summed E-state index contributed by atoms with van der Waals surface area (Å²) in [6.07, 6.45) is 3.39. The van der Waals surface area contributed by atoms with Crippen LogP contribution < -0.4 is 0 Å². The molecule has 1 N–H and O–H groups in total. The largest absolute Gasteiger partial charge is 0.396 e. The molecule has 4 heteroatoms. The Morgan fingerprint density at radius 3 is 3.08 bits per heavy atom. The lowest BCUT2D eigenvalue weighted by Crippen LogP contribution is -2.47. The number of aliphatic hydroxyl groups is 1. The fourth-order valence-electron chi connectivity index (χ4n) is 1.48. The molecule has 1 aliphatic heterocycles. The molecule has 0 bridgehead atoms. The molecule has 4 nitrogen and oxygen atoms in total. The fraction of sp³-hybridized carbons (Fsp3) is 0.625. The van der Waals surface area contributed by atoms with Crippen molar-refractivity contribution in [3.63, 3.8) is 0 Å². The third-order valence-electron chi connectivity index (χ3n) is 2.18. The Morgan fingerprint density at radius 1 is 1.67 bits per heavy atom. The first-order valence-corrected chi connectivity index (χ1v) is 4.10. The Labute approximate surface area is 70.8 Å². The van der Waals surface area contributed by atoms with E-state index in [1.165, 1.54) is 0 Å². The standard InChI is InChI=1S/C8H12N2O2/c11-5-8-3-10(4-8)2-7-1-9-12-6-7/h1,6,8,11H,2-5H2. The van der Waals surface area contributed by atoms with Crippen molar-refractivity contribution in [1.82, 2.24) is 10.1 Å². The number of aromatic nitrogens is 1. The van der Waals surface area contributed by atoms with Gasteiger partial charge in [0.1, 0.15) is 6.26 Å². The molecule has 0 saturated carbocycles. The quantitative estimate of drug-likeness (QED) is 0.695. The topological polar surface area (TPSA) is 49.5 Å². The SMILES string of the molecule is OCC1CN(Cc2cnoc2)C1. The zero-order chi connectivity index (χ0) is 8.39. The summed E-state index contributed by atoms with van der Waals surface area (Å²) >= 11 is 0. The van der Waals surface area contributed by atoms with Crippen LogP contribution in [0.2, 0.25) is 0 Å². The maximum Gasteiger partial charge on any atom is 0.128 e. The Hall–Kier alpha value is -0.870. The van der Waals surface area contributed by atoms with Crippen molar-refractivity contribution in [2.75, 3.05) is 19.7 Å². The summed E-state index contributed by atoms with van der Waals surface area (Å²) in [6.45, 7) is 3.17. The lowest BCUT2D eigenvalue weighted by molar-refractivity contribution is 0.0478. The normalized spacial score (nSPS) is 19.4. The van der Waals surface area contributed by atoms with Gasteiger partial charge in [-0.1, -0.05) is 5.16 Å². The Balaban J connectivity index is 1.77. The first-order chi connectivity index (χ1) is 5.88. The molecule has 2 heterocycles. The molecule has 0 aliphatic carbocycles. The minimum absolute atomic E-state index is 0.306. The molecular formula is C8H12N2O2. The molecule has 1 aliphatic rings. The summed E-state index contributed by atoms with van der Waals surface area (Å²) in [5, 5.41) is 12.4. The predicted molar refractivity (Wildman–Crippen MR) is 42.4 cm³/mol. The number of rotatable bonds is 3. The molecule has 1 aromatic rings. The summed E-state index contributed by atoms with van der Waals surface area (Å²) in [5.41, 5.74) is 1.10. The van der Waals surface area contributed by atoms with Crippen molar-refractivity contribution in [1.29, 1.82) is 0 Å². The van der Waals surface area contributed by atoms with Crippen LogP contribution in [0.3, 0.4) is 0 Å². The molecule has 0 spiro atoms. The highest BCUT2D eigenvalue weighted by Crippen LogP contribution is 2.17. The van der Waals surface area contributed by atoms with E-state index >= 15 is 0 Å². The van der Waals surface area contributed by atoms with E-state index in [-0.39, 0.29) is 0 Å². The van der Waals surface area contributed by atoms with Gasteiger partial charge in [0.05, 0.1) is 6.20 Å². The predicted octanol–water partition coefficient (Wildman–Crippen LogP) is 0.0987. The molecule has 1 aromatic heterocycles. The van der Waals surface area contributed by atoms with Gasteiger partial charge in [0.25, 0.3) is 0 Å². The Morgan fingerprint density at radius 2 is 2.50 bits per heavy atom. The van der Waals surface area contributed by atoms with E-state index in [2.05, 4.69) is 10.1 Å². The molecule has 66 valence electrons. The molecule has 0 amide bonds. The first kappa shape index (κ1) is 7.76. The minimum atomic E-state index is 0.306. The first-order valence-electron chi connectivity index (χ1n) is 4.10. The number of nitrogens with zero attached hydrogens (tertiary/aromatic N) is 2. The van der Waals surface area contributed by atoms with Crippen LogP contribution in [0.25, 0.3) is 0 Å². The van der Waals surface area contributed by atoms with E-state index in [9.17, 15) is 0 Å². The van der Waals surface area contributed by atoms with E-state index in [1.54, 1.807) is 12.5 Å². The summed E-state index contributed by atoms with van der Waals surface area (Å²) in [7, 11) is 0. The van der Waals surface area contributed by atoms with E-state index in [1.807, 2.05) is 0 Å². The van der Waals surface area contributed by atoms with Gasteiger partial charge in [-0.25, -0.2) is 0 Å². The van der Waals surface area contributed by atoms with Gasteiger partial charge in [0.2, 0.25) is 0 Å². The van der Waals surface area contributed by atoms with Crippen molar-refractivity contribution in [3.8, 4) is 0 Å². The van der Waals surface area contributed by atoms with Crippen LogP contribution in [0.4, 0.5) is 0 Å². The second-order valence-corrected chi connectivity index (χ2v) is 3.28. The maximum atomic E-state index is 8.77. The van der Waals surface area contributed by atoms with Crippen LogP contribution in [0, 0.1) is 5.92 Å². The van der Waals surface area contributed by atoms with Crippen LogP contribution in [0.15, 0.2) is 17.0 Å². The molecule has 12 heavy (non-hydrogen) atoms. The molecule has 2 rings (SSSR count). The molecular weight excluding hydrogens is 156 g/mol. The average Bonchev–Trinajstić information content (AvgIpc) is 2.47. The van der Waals surface area contributed by atoms with Crippen LogP contribution >= 0.6 is 0 Å². The lowest BCUT2D eigenvalue weighted by Gasteiger charge is -2.37. The highest BCUT2D eigenvalue weighted by molar-refractivity contribution is 5.01. The maximum absolute atomic E-state index is 8.77. The molecule has 0 aromatic carbocycles. The van der Waals surface area contributed by atoms with Gasteiger partial charge in [-0.05, 0) is 0 Å². The van der Waals surface area contributed by atoms with Gasteiger partial charge in [0.15, 0.2) is 0 Å². The Bertz CT molecular complexity index is 229. The monoisotopic (exact) mass is 168 g/mol. The van der Waals surface area contributed by atoms with E-state index in [0.717, 1.165) is 25.2 Å². The van der Waals surface area contributed by atoms with Crippen LogP contribution in [0.1, 0.15) is 5.56 Å². The number of likely N-dealkylation sites (tertiary alicyclic amines) is 1. The zero-order valence-electron chi connectivity index (χ0n) is 6.81. The number of hydrogen-bond acceptors (Lipinski definition) is 4. The van der Waals surface area contributed by atoms with Gasteiger partial charge >= 0.3 is 0 Å². The highest BCUT2D eigenvalue weighted by atomic mass is 16.5. The molecule has 0 unspecified atom stereocenters. The highest BCUT2D eigenvalue weighted by Gasteiger charge is 2.25. The summed E-state index contributed by atoms with van der Waals surface area (Å²) in [4.78, 5) is 2.26. The summed E-state index contributed by atoms with van der Waals surface area (Å²) in [6, 6.07) is 0. The van der Waals surface area contributed by atoms with Crippen molar-refractivity contribution >= 4 is 0 Å². The smallest absolute Gasteiger partial charge is 0.128 e. The molecule has 1 saturated heterocycles. The van der Waals surface area contributed by atoms with Gasteiger partial charge in [0, 0.05) is 37.7 Å². The molecule has 0 radical (unpaired) electrons. The van der Waals surface area contributed by atoms with Gasteiger partial charge in [-0.2, -0.15) is 0 Å².